The topological polar surface area (TPSA) is 49.6 Å². The molecule has 0 aliphatic carbocycles. The normalized spacial score (nSPS) is 16.0. The van der Waals surface area contributed by atoms with Gasteiger partial charge < -0.3 is 9.32 Å². The van der Waals surface area contributed by atoms with Crippen LogP contribution < -0.4 is 0 Å². The Labute approximate surface area is 151 Å². The number of amides is 1. The minimum atomic E-state index is -0.468. The molecule has 134 valence electrons. The summed E-state index contributed by atoms with van der Waals surface area (Å²) in [5.41, 5.74) is 1.78. The summed E-state index contributed by atoms with van der Waals surface area (Å²) in [6.07, 6.45) is 0.834. The van der Waals surface area contributed by atoms with E-state index >= 15 is 0 Å². The first-order valence-corrected chi connectivity index (χ1v) is 8.81. The van der Waals surface area contributed by atoms with Gasteiger partial charge in [0, 0.05) is 26.2 Å². The molecule has 3 aromatic rings. The number of carbonyl (C=O) groups is 1. The van der Waals surface area contributed by atoms with Gasteiger partial charge in [-0.1, -0.05) is 24.3 Å². The number of fused-ring (bicyclic) bond motifs is 1. The van der Waals surface area contributed by atoms with Gasteiger partial charge in [0.15, 0.2) is 5.58 Å². The van der Waals surface area contributed by atoms with Crippen LogP contribution in [-0.2, 0) is 6.54 Å². The maximum absolute atomic E-state index is 13.9. The molecule has 0 unspecified atom stereocenters. The van der Waals surface area contributed by atoms with Crippen molar-refractivity contribution in [1.29, 1.82) is 0 Å². The maximum Gasteiger partial charge on any atom is 0.256 e. The number of para-hydroxylation sites is 2. The predicted molar refractivity (Wildman–Crippen MR) is 96.2 cm³/mol. The first kappa shape index (κ1) is 16.7. The molecule has 5 nitrogen and oxygen atoms in total. The summed E-state index contributed by atoms with van der Waals surface area (Å²) in [5, 5.41) is 0. The molecule has 0 radical (unpaired) electrons. The summed E-state index contributed by atoms with van der Waals surface area (Å²) in [7, 11) is 0. The van der Waals surface area contributed by atoms with E-state index in [2.05, 4.69) is 9.88 Å². The average molecular weight is 353 g/mol. The molecule has 1 aliphatic rings. The number of halogens is 1. The van der Waals surface area contributed by atoms with E-state index in [0.717, 1.165) is 24.1 Å². The Hall–Kier alpha value is -2.73. The Morgan fingerprint density at radius 1 is 1.04 bits per heavy atom. The van der Waals surface area contributed by atoms with Crippen LogP contribution in [-0.4, -0.2) is 46.9 Å². The van der Waals surface area contributed by atoms with Crippen molar-refractivity contribution in [3.8, 4) is 0 Å². The third-order valence-electron chi connectivity index (χ3n) is 4.68. The molecule has 0 atom stereocenters. The SMILES string of the molecule is O=C(c1ccccc1F)N1CCCN(Cc2nc3ccccc3o2)CC1. The molecule has 1 aliphatic heterocycles. The number of hydrogen-bond acceptors (Lipinski definition) is 4. The summed E-state index contributed by atoms with van der Waals surface area (Å²) in [5.74, 6) is -0.0306. The van der Waals surface area contributed by atoms with Gasteiger partial charge in [0.2, 0.25) is 5.89 Å². The second kappa shape index (κ2) is 7.25. The maximum atomic E-state index is 13.9. The third kappa shape index (κ3) is 3.46. The van der Waals surface area contributed by atoms with Gasteiger partial charge in [0.25, 0.3) is 5.91 Å². The van der Waals surface area contributed by atoms with E-state index in [9.17, 15) is 9.18 Å². The number of rotatable bonds is 3. The first-order chi connectivity index (χ1) is 12.7. The number of nitrogens with zero attached hydrogens (tertiary/aromatic N) is 3. The summed E-state index contributed by atoms with van der Waals surface area (Å²) in [6.45, 7) is 3.35. The van der Waals surface area contributed by atoms with E-state index < -0.39 is 5.82 Å². The van der Waals surface area contributed by atoms with Crippen LogP contribution in [0.3, 0.4) is 0 Å². The summed E-state index contributed by atoms with van der Waals surface area (Å²) >= 11 is 0. The Balaban J connectivity index is 1.41. The van der Waals surface area contributed by atoms with Crippen molar-refractivity contribution >= 4 is 17.0 Å². The molecular formula is C20H20FN3O2. The number of aromatic nitrogens is 1. The standard InChI is InChI=1S/C20H20FN3O2/c21-16-7-2-1-6-15(16)20(25)24-11-5-10-23(12-13-24)14-19-22-17-8-3-4-9-18(17)26-19/h1-4,6-9H,5,10-14H2. The molecule has 0 bridgehead atoms. The van der Waals surface area contributed by atoms with Gasteiger partial charge in [-0.2, -0.15) is 0 Å². The van der Waals surface area contributed by atoms with Gasteiger partial charge in [0.1, 0.15) is 11.3 Å². The molecule has 0 spiro atoms. The summed E-state index contributed by atoms with van der Waals surface area (Å²) in [4.78, 5) is 21.1. The summed E-state index contributed by atoms with van der Waals surface area (Å²) in [6, 6.07) is 13.8. The van der Waals surface area contributed by atoms with Crippen molar-refractivity contribution in [2.75, 3.05) is 26.2 Å². The monoisotopic (exact) mass is 353 g/mol. The van der Waals surface area contributed by atoms with Crippen LogP contribution in [0, 0.1) is 5.82 Å². The lowest BCUT2D eigenvalue weighted by molar-refractivity contribution is 0.0756. The van der Waals surface area contributed by atoms with Crippen molar-refractivity contribution in [3.05, 3.63) is 65.8 Å². The number of hydrogen-bond donors (Lipinski definition) is 0. The van der Waals surface area contributed by atoms with E-state index in [1.54, 1.807) is 23.1 Å². The molecule has 0 N–H and O–H groups in total. The van der Waals surface area contributed by atoms with Gasteiger partial charge in [-0.3, -0.25) is 9.69 Å². The Morgan fingerprint density at radius 3 is 2.69 bits per heavy atom. The van der Waals surface area contributed by atoms with Crippen LogP contribution in [0.15, 0.2) is 52.9 Å². The zero-order chi connectivity index (χ0) is 17.9. The highest BCUT2D eigenvalue weighted by molar-refractivity contribution is 5.94. The first-order valence-electron chi connectivity index (χ1n) is 8.81. The quantitative estimate of drug-likeness (QED) is 0.725. The highest BCUT2D eigenvalue weighted by atomic mass is 19.1. The Bertz CT molecular complexity index is 891. The fourth-order valence-electron chi connectivity index (χ4n) is 3.32. The van der Waals surface area contributed by atoms with E-state index in [4.69, 9.17) is 4.42 Å². The minimum absolute atomic E-state index is 0.139. The van der Waals surface area contributed by atoms with Crippen LogP contribution in [0.25, 0.3) is 11.1 Å². The molecule has 1 aromatic heterocycles. The van der Waals surface area contributed by atoms with Crippen molar-refractivity contribution in [2.45, 2.75) is 13.0 Å². The Kier molecular flexibility index (Phi) is 4.67. The van der Waals surface area contributed by atoms with Gasteiger partial charge in [-0.25, -0.2) is 9.37 Å². The second-order valence-electron chi connectivity index (χ2n) is 6.48. The molecule has 26 heavy (non-hydrogen) atoms. The number of benzene rings is 2. The molecule has 1 amide bonds. The predicted octanol–water partition coefficient (Wildman–Crippen LogP) is 3.32. The van der Waals surface area contributed by atoms with E-state index in [1.165, 1.54) is 6.07 Å². The number of oxazole rings is 1. The van der Waals surface area contributed by atoms with Crippen LogP contribution >= 0.6 is 0 Å². The van der Waals surface area contributed by atoms with Crippen molar-refractivity contribution in [1.82, 2.24) is 14.8 Å². The molecule has 6 heteroatoms. The molecular weight excluding hydrogens is 333 g/mol. The molecule has 2 heterocycles. The van der Waals surface area contributed by atoms with Gasteiger partial charge in [-0.15, -0.1) is 0 Å². The fraction of sp³-hybridized carbons (Fsp3) is 0.300. The average Bonchev–Trinajstić information content (AvgIpc) is 2.91. The third-order valence-corrected chi connectivity index (χ3v) is 4.68. The smallest absolute Gasteiger partial charge is 0.256 e. The van der Waals surface area contributed by atoms with E-state index in [-0.39, 0.29) is 11.5 Å². The van der Waals surface area contributed by atoms with Gasteiger partial charge in [-0.05, 0) is 30.7 Å². The van der Waals surface area contributed by atoms with Crippen LogP contribution in [0.4, 0.5) is 4.39 Å². The van der Waals surface area contributed by atoms with Crippen LogP contribution in [0.1, 0.15) is 22.7 Å². The lowest BCUT2D eigenvalue weighted by atomic mass is 10.2. The molecule has 1 saturated heterocycles. The van der Waals surface area contributed by atoms with Crippen molar-refractivity contribution in [3.63, 3.8) is 0 Å². The Morgan fingerprint density at radius 2 is 1.85 bits per heavy atom. The van der Waals surface area contributed by atoms with Gasteiger partial charge >= 0.3 is 0 Å². The molecule has 1 fully saturated rings. The summed E-state index contributed by atoms with van der Waals surface area (Å²) < 4.78 is 19.7. The van der Waals surface area contributed by atoms with E-state index in [1.807, 2.05) is 24.3 Å². The largest absolute Gasteiger partial charge is 0.439 e. The lowest BCUT2D eigenvalue weighted by Gasteiger charge is -2.21. The van der Waals surface area contributed by atoms with E-state index in [0.29, 0.717) is 32.1 Å². The number of carbonyl (C=O) groups excluding carboxylic acids is 1. The van der Waals surface area contributed by atoms with Crippen molar-refractivity contribution < 1.29 is 13.6 Å². The highest BCUT2D eigenvalue weighted by Crippen LogP contribution is 2.17. The van der Waals surface area contributed by atoms with Gasteiger partial charge in [0.05, 0.1) is 12.1 Å². The van der Waals surface area contributed by atoms with Crippen LogP contribution in [0.2, 0.25) is 0 Å². The van der Waals surface area contributed by atoms with Crippen molar-refractivity contribution in [2.24, 2.45) is 0 Å². The zero-order valence-corrected chi connectivity index (χ0v) is 14.4. The van der Waals surface area contributed by atoms with Crippen LogP contribution in [0.5, 0.6) is 0 Å². The lowest BCUT2D eigenvalue weighted by Crippen LogP contribution is -2.35. The minimum Gasteiger partial charge on any atom is -0.439 e. The molecule has 0 saturated carbocycles. The second-order valence-corrected chi connectivity index (χ2v) is 6.48. The molecule has 2 aromatic carbocycles. The fourth-order valence-corrected chi connectivity index (χ4v) is 3.32. The molecule has 4 rings (SSSR count). The zero-order valence-electron chi connectivity index (χ0n) is 14.4. The highest BCUT2D eigenvalue weighted by Gasteiger charge is 2.23.